The Balaban J connectivity index is 1.78. The van der Waals surface area contributed by atoms with Crippen molar-refractivity contribution in [3.8, 4) is 0 Å². The largest absolute Gasteiger partial charge is 0.314 e. The molecule has 0 saturated carbocycles. The smallest absolute Gasteiger partial charge is 0.243 e. The number of sulfonamides is 1. The molecule has 2 saturated heterocycles. The molecular weight excluding hydrogens is 357 g/mol. The third kappa shape index (κ3) is 3.52. The average molecular weight is 378 g/mol. The Morgan fingerprint density at radius 3 is 2.35 bits per heavy atom. The first-order valence-corrected chi connectivity index (χ1v) is 10.00. The SMILES string of the molecule is Cc1c(Cl)cc(S(=O)(=O)N2CCC(N3CCNCC3)C2)cc1Cl. The summed E-state index contributed by atoms with van der Waals surface area (Å²) in [6.07, 6.45) is 0.868. The van der Waals surface area contributed by atoms with Crippen LogP contribution in [-0.4, -0.2) is 62.9 Å². The van der Waals surface area contributed by atoms with E-state index in [1.807, 2.05) is 0 Å². The summed E-state index contributed by atoms with van der Waals surface area (Å²) in [5.74, 6) is 0. The molecule has 8 heteroatoms. The molecular formula is C15H21Cl2N3O2S. The molecule has 1 atom stereocenters. The van der Waals surface area contributed by atoms with Crippen molar-refractivity contribution in [3.05, 3.63) is 27.7 Å². The molecule has 3 rings (SSSR count). The van der Waals surface area contributed by atoms with Gasteiger partial charge in [0.1, 0.15) is 0 Å². The Hall–Kier alpha value is -0.370. The van der Waals surface area contributed by atoms with Crippen LogP contribution in [0.3, 0.4) is 0 Å². The molecule has 0 aromatic heterocycles. The standard InChI is InChI=1S/C15H21Cl2N3O2S/c1-11-14(16)8-13(9-15(11)17)23(21,22)20-5-2-12(10-20)19-6-3-18-4-7-19/h8-9,12,18H,2-7,10H2,1H3. The second-order valence-electron chi connectivity index (χ2n) is 6.10. The van der Waals surface area contributed by atoms with E-state index in [0.717, 1.165) is 32.6 Å². The molecule has 5 nitrogen and oxygen atoms in total. The number of rotatable bonds is 3. The van der Waals surface area contributed by atoms with Crippen LogP contribution in [0.25, 0.3) is 0 Å². The first-order valence-electron chi connectivity index (χ1n) is 7.80. The Kier molecular flexibility index (Phi) is 5.21. The van der Waals surface area contributed by atoms with Gasteiger partial charge in [-0.05, 0) is 31.0 Å². The Labute approximate surface area is 147 Å². The Morgan fingerprint density at radius 1 is 1.13 bits per heavy atom. The molecule has 2 heterocycles. The minimum atomic E-state index is -3.55. The highest BCUT2D eigenvalue weighted by atomic mass is 35.5. The van der Waals surface area contributed by atoms with Crippen LogP contribution in [0.1, 0.15) is 12.0 Å². The van der Waals surface area contributed by atoms with Gasteiger partial charge in [0.25, 0.3) is 0 Å². The molecule has 0 aliphatic carbocycles. The zero-order valence-corrected chi connectivity index (χ0v) is 15.4. The fourth-order valence-electron chi connectivity index (χ4n) is 3.19. The van der Waals surface area contributed by atoms with Crippen molar-refractivity contribution < 1.29 is 8.42 Å². The van der Waals surface area contributed by atoms with Gasteiger partial charge in [-0.3, -0.25) is 4.90 Å². The highest BCUT2D eigenvalue weighted by Crippen LogP contribution is 2.31. The van der Waals surface area contributed by atoms with Gasteiger partial charge in [0.05, 0.1) is 4.90 Å². The fraction of sp³-hybridized carbons (Fsp3) is 0.600. The summed E-state index contributed by atoms with van der Waals surface area (Å²) < 4.78 is 27.3. The molecule has 2 aliphatic heterocycles. The third-order valence-electron chi connectivity index (χ3n) is 4.69. The van der Waals surface area contributed by atoms with Gasteiger partial charge in [0.15, 0.2) is 0 Å². The van der Waals surface area contributed by atoms with Gasteiger partial charge in [0, 0.05) is 55.4 Å². The van der Waals surface area contributed by atoms with Crippen LogP contribution >= 0.6 is 23.2 Å². The predicted octanol–water partition coefficient (Wildman–Crippen LogP) is 1.97. The van der Waals surface area contributed by atoms with Crippen LogP contribution in [0.5, 0.6) is 0 Å². The summed E-state index contributed by atoms with van der Waals surface area (Å²) in [5.41, 5.74) is 0.701. The number of halogens is 2. The van der Waals surface area contributed by atoms with Crippen molar-refractivity contribution in [1.29, 1.82) is 0 Å². The lowest BCUT2D eigenvalue weighted by Gasteiger charge is -2.32. The molecule has 128 valence electrons. The molecule has 1 aromatic rings. The van der Waals surface area contributed by atoms with Gasteiger partial charge in [-0.2, -0.15) is 4.31 Å². The topological polar surface area (TPSA) is 52.7 Å². The quantitative estimate of drug-likeness (QED) is 0.874. The molecule has 0 spiro atoms. The fourth-order valence-corrected chi connectivity index (χ4v) is 5.36. The third-order valence-corrected chi connectivity index (χ3v) is 7.31. The van der Waals surface area contributed by atoms with E-state index < -0.39 is 10.0 Å². The van der Waals surface area contributed by atoms with Crippen molar-refractivity contribution in [2.75, 3.05) is 39.3 Å². The van der Waals surface area contributed by atoms with Crippen molar-refractivity contribution >= 4 is 33.2 Å². The molecule has 2 fully saturated rings. The molecule has 1 aromatic carbocycles. The molecule has 0 amide bonds. The number of benzene rings is 1. The number of hydrogen-bond acceptors (Lipinski definition) is 4. The van der Waals surface area contributed by atoms with E-state index in [9.17, 15) is 8.42 Å². The summed E-state index contributed by atoms with van der Waals surface area (Å²) >= 11 is 12.2. The number of nitrogens with one attached hydrogen (secondary N) is 1. The van der Waals surface area contributed by atoms with E-state index >= 15 is 0 Å². The molecule has 23 heavy (non-hydrogen) atoms. The van der Waals surface area contributed by atoms with Crippen LogP contribution in [0, 0.1) is 6.92 Å². The Bertz CT molecular complexity index is 667. The minimum absolute atomic E-state index is 0.180. The van der Waals surface area contributed by atoms with Crippen LogP contribution < -0.4 is 5.32 Å². The predicted molar refractivity (Wildman–Crippen MR) is 92.8 cm³/mol. The zero-order valence-electron chi connectivity index (χ0n) is 13.1. The van der Waals surface area contributed by atoms with Crippen LogP contribution in [0.15, 0.2) is 17.0 Å². The van der Waals surface area contributed by atoms with Gasteiger partial charge < -0.3 is 5.32 Å². The van der Waals surface area contributed by atoms with Crippen LogP contribution in [0.2, 0.25) is 10.0 Å². The maximum Gasteiger partial charge on any atom is 0.243 e. The van der Waals surface area contributed by atoms with Gasteiger partial charge in [-0.15, -0.1) is 0 Å². The summed E-state index contributed by atoms with van der Waals surface area (Å²) in [7, 11) is -3.55. The lowest BCUT2D eigenvalue weighted by atomic mass is 10.2. The Morgan fingerprint density at radius 2 is 1.74 bits per heavy atom. The van der Waals surface area contributed by atoms with Gasteiger partial charge in [-0.1, -0.05) is 23.2 Å². The highest BCUT2D eigenvalue weighted by molar-refractivity contribution is 7.89. The van der Waals surface area contributed by atoms with Gasteiger partial charge >= 0.3 is 0 Å². The first-order chi connectivity index (χ1) is 10.9. The molecule has 1 unspecified atom stereocenters. The lowest BCUT2D eigenvalue weighted by molar-refractivity contribution is 0.179. The summed E-state index contributed by atoms with van der Waals surface area (Å²) in [4.78, 5) is 2.56. The number of nitrogens with zero attached hydrogens (tertiary/aromatic N) is 2. The monoisotopic (exact) mass is 377 g/mol. The number of piperazine rings is 1. The first kappa shape index (κ1) is 17.5. The normalized spacial score (nSPS) is 24.2. The van der Waals surface area contributed by atoms with Crippen molar-refractivity contribution in [2.24, 2.45) is 0 Å². The maximum atomic E-state index is 12.9. The second-order valence-corrected chi connectivity index (χ2v) is 8.86. The zero-order chi connectivity index (χ0) is 16.6. The maximum absolute atomic E-state index is 12.9. The van der Waals surface area contributed by atoms with E-state index in [1.54, 1.807) is 11.2 Å². The van der Waals surface area contributed by atoms with E-state index in [2.05, 4.69) is 10.2 Å². The molecule has 2 aliphatic rings. The summed E-state index contributed by atoms with van der Waals surface area (Å²) in [6, 6.07) is 3.29. The van der Waals surface area contributed by atoms with Crippen molar-refractivity contribution in [3.63, 3.8) is 0 Å². The molecule has 0 radical (unpaired) electrons. The van der Waals surface area contributed by atoms with E-state index in [1.165, 1.54) is 12.1 Å². The van der Waals surface area contributed by atoms with Gasteiger partial charge in [0.2, 0.25) is 10.0 Å². The van der Waals surface area contributed by atoms with Gasteiger partial charge in [-0.25, -0.2) is 8.42 Å². The summed E-state index contributed by atoms with van der Waals surface area (Å²) in [5, 5.41) is 4.09. The van der Waals surface area contributed by atoms with Crippen LogP contribution in [-0.2, 0) is 10.0 Å². The minimum Gasteiger partial charge on any atom is -0.314 e. The molecule has 0 bridgehead atoms. The lowest BCUT2D eigenvalue weighted by Crippen LogP contribution is -2.49. The van der Waals surface area contributed by atoms with Crippen molar-refractivity contribution in [2.45, 2.75) is 24.3 Å². The number of hydrogen-bond donors (Lipinski definition) is 1. The van der Waals surface area contributed by atoms with Crippen LogP contribution in [0.4, 0.5) is 0 Å². The van der Waals surface area contributed by atoms with E-state index in [4.69, 9.17) is 23.2 Å². The highest BCUT2D eigenvalue weighted by Gasteiger charge is 2.35. The van der Waals surface area contributed by atoms with E-state index in [-0.39, 0.29) is 4.90 Å². The average Bonchev–Trinajstić information content (AvgIpc) is 3.03. The van der Waals surface area contributed by atoms with Crippen molar-refractivity contribution in [1.82, 2.24) is 14.5 Å². The van der Waals surface area contributed by atoms with E-state index in [0.29, 0.717) is 34.7 Å². The summed E-state index contributed by atoms with van der Waals surface area (Å²) in [6.45, 7) is 6.73. The second kappa shape index (κ2) is 6.86. The molecule has 1 N–H and O–H groups in total.